The molecule has 0 aromatic heterocycles. The third-order valence-electron chi connectivity index (χ3n) is 3.60. The second-order valence-corrected chi connectivity index (χ2v) is 5.03. The van der Waals surface area contributed by atoms with E-state index in [1.807, 2.05) is 11.9 Å². The number of likely N-dealkylation sites (N-methyl/N-ethyl adjacent to an activating group) is 1. The first kappa shape index (κ1) is 13.8. The number of hydrogen-bond acceptors (Lipinski definition) is 3. The van der Waals surface area contributed by atoms with Crippen LogP contribution in [0.4, 0.5) is 10.1 Å². The van der Waals surface area contributed by atoms with Crippen molar-refractivity contribution in [1.29, 1.82) is 0 Å². The van der Waals surface area contributed by atoms with Crippen LogP contribution in [0.5, 0.6) is 0 Å². The molecule has 1 atom stereocenters. The second-order valence-electron chi connectivity index (χ2n) is 5.03. The van der Waals surface area contributed by atoms with Crippen LogP contribution < -0.4 is 4.90 Å². The predicted octanol–water partition coefficient (Wildman–Crippen LogP) is 1.81. The molecule has 1 unspecified atom stereocenters. The van der Waals surface area contributed by atoms with Crippen LogP contribution in [-0.4, -0.2) is 48.7 Å². The van der Waals surface area contributed by atoms with Crippen molar-refractivity contribution in [1.82, 2.24) is 4.90 Å². The summed E-state index contributed by atoms with van der Waals surface area (Å²) in [5.41, 5.74) is 0.995. The lowest BCUT2D eigenvalue weighted by atomic mass is 10.0. The molecule has 0 aliphatic carbocycles. The van der Waals surface area contributed by atoms with Gasteiger partial charge in [-0.2, -0.15) is 0 Å². The molecule has 1 saturated heterocycles. The average Bonchev–Trinajstić information content (AvgIpc) is 2.39. The Morgan fingerprint density at radius 1 is 1.47 bits per heavy atom. The lowest BCUT2D eigenvalue weighted by Gasteiger charge is -2.38. The first-order chi connectivity index (χ1) is 9.06. The lowest BCUT2D eigenvalue weighted by molar-refractivity contribution is -0.138. The average molecular weight is 266 g/mol. The van der Waals surface area contributed by atoms with Crippen LogP contribution in [0.2, 0.25) is 0 Å². The summed E-state index contributed by atoms with van der Waals surface area (Å²) in [6, 6.07) is 6.69. The van der Waals surface area contributed by atoms with Crippen LogP contribution in [0, 0.1) is 5.82 Å². The highest BCUT2D eigenvalue weighted by atomic mass is 19.1. The van der Waals surface area contributed by atoms with Gasteiger partial charge in [0.05, 0.1) is 6.54 Å². The monoisotopic (exact) mass is 266 g/mol. The van der Waals surface area contributed by atoms with E-state index in [4.69, 9.17) is 5.11 Å². The van der Waals surface area contributed by atoms with Crippen molar-refractivity contribution < 1.29 is 14.3 Å². The van der Waals surface area contributed by atoms with Crippen LogP contribution in [0.25, 0.3) is 0 Å². The van der Waals surface area contributed by atoms with Gasteiger partial charge in [-0.15, -0.1) is 0 Å². The van der Waals surface area contributed by atoms with Crippen molar-refractivity contribution in [2.75, 3.05) is 31.6 Å². The molecule has 104 valence electrons. The number of rotatable bonds is 4. The van der Waals surface area contributed by atoms with Crippen LogP contribution in [0.3, 0.4) is 0 Å². The molecule has 2 rings (SSSR count). The SMILES string of the molecule is CN(CC(=O)O)C1CCCN(c2ccc(F)cc2)C1. The maximum atomic E-state index is 12.9. The van der Waals surface area contributed by atoms with E-state index in [-0.39, 0.29) is 18.4 Å². The summed E-state index contributed by atoms with van der Waals surface area (Å²) in [7, 11) is 1.84. The maximum Gasteiger partial charge on any atom is 0.317 e. The molecule has 19 heavy (non-hydrogen) atoms. The van der Waals surface area contributed by atoms with E-state index in [1.165, 1.54) is 12.1 Å². The fourth-order valence-corrected chi connectivity index (χ4v) is 2.54. The number of nitrogens with zero attached hydrogens (tertiary/aromatic N) is 2. The summed E-state index contributed by atoms with van der Waals surface area (Å²) in [5, 5.41) is 8.83. The topological polar surface area (TPSA) is 43.8 Å². The smallest absolute Gasteiger partial charge is 0.317 e. The van der Waals surface area contributed by atoms with E-state index in [0.717, 1.165) is 31.6 Å². The van der Waals surface area contributed by atoms with Crippen LogP contribution in [-0.2, 0) is 4.79 Å². The Labute approximate surface area is 112 Å². The number of piperidine rings is 1. The third kappa shape index (κ3) is 3.67. The Hall–Kier alpha value is -1.62. The molecule has 1 aromatic rings. The summed E-state index contributed by atoms with van der Waals surface area (Å²) in [6.45, 7) is 1.78. The first-order valence-corrected chi connectivity index (χ1v) is 6.49. The standard InChI is InChI=1S/C14H19FN2O2/c1-16(10-14(18)19)13-3-2-8-17(9-13)12-6-4-11(15)5-7-12/h4-7,13H,2-3,8-10H2,1H3,(H,18,19). The largest absolute Gasteiger partial charge is 0.480 e. The Balaban J connectivity index is 2.00. The van der Waals surface area contributed by atoms with Crippen molar-refractivity contribution in [3.8, 4) is 0 Å². The normalized spacial score (nSPS) is 19.7. The number of benzene rings is 1. The van der Waals surface area contributed by atoms with Gasteiger partial charge in [-0.25, -0.2) is 4.39 Å². The number of carboxylic acid groups (broad SMARTS) is 1. The second kappa shape index (κ2) is 6.02. The van der Waals surface area contributed by atoms with Gasteiger partial charge in [0.25, 0.3) is 0 Å². The summed E-state index contributed by atoms with van der Waals surface area (Å²) in [5.74, 6) is -1.04. The molecule has 1 heterocycles. The third-order valence-corrected chi connectivity index (χ3v) is 3.60. The molecule has 1 fully saturated rings. The molecule has 1 N–H and O–H groups in total. The molecule has 0 spiro atoms. The van der Waals surface area contributed by atoms with Crippen molar-refractivity contribution >= 4 is 11.7 Å². The molecule has 1 aliphatic heterocycles. The van der Waals surface area contributed by atoms with E-state index in [0.29, 0.717) is 0 Å². The van der Waals surface area contributed by atoms with Crippen molar-refractivity contribution in [2.24, 2.45) is 0 Å². The zero-order valence-electron chi connectivity index (χ0n) is 11.1. The minimum absolute atomic E-state index is 0.0575. The van der Waals surface area contributed by atoms with E-state index in [1.54, 1.807) is 12.1 Å². The minimum Gasteiger partial charge on any atom is -0.480 e. The molecule has 5 heteroatoms. The molecule has 1 aliphatic rings. The van der Waals surface area contributed by atoms with Crippen molar-refractivity contribution in [3.05, 3.63) is 30.1 Å². The number of carbonyl (C=O) groups is 1. The Kier molecular flexibility index (Phi) is 4.37. The maximum absolute atomic E-state index is 12.9. The van der Waals surface area contributed by atoms with E-state index >= 15 is 0 Å². The van der Waals surface area contributed by atoms with Gasteiger partial charge in [0.2, 0.25) is 0 Å². The van der Waals surface area contributed by atoms with Crippen LogP contribution in [0.15, 0.2) is 24.3 Å². The number of halogens is 1. The highest BCUT2D eigenvalue weighted by Crippen LogP contribution is 2.22. The summed E-state index contributed by atoms with van der Waals surface area (Å²) >= 11 is 0. The molecular weight excluding hydrogens is 247 g/mol. The zero-order chi connectivity index (χ0) is 13.8. The van der Waals surface area contributed by atoms with E-state index < -0.39 is 5.97 Å². The Morgan fingerprint density at radius 2 is 2.16 bits per heavy atom. The van der Waals surface area contributed by atoms with Gasteiger partial charge < -0.3 is 10.0 Å². The number of hydrogen-bond donors (Lipinski definition) is 1. The van der Waals surface area contributed by atoms with Gasteiger partial charge in [-0.05, 0) is 44.2 Å². The number of anilines is 1. The molecular formula is C14H19FN2O2. The van der Waals surface area contributed by atoms with E-state index in [2.05, 4.69) is 4.90 Å². The number of aliphatic carboxylic acids is 1. The molecule has 0 bridgehead atoms. The quantitative estimate of drug-likeness (QED) is 0.902. The van der Waals surface area contributed by atoms with Gasteiger partial charge in [0.1, 0.15) is 5.82 Å². The summed E-state index contributed by atoms with van der Waals surface area (Å²) in [6.07, 6.45) is 2.02. The Bertz CT molecular complexity index is 436. The fourth-order valence-electron chi connectivity index (χ4n) is 2.54. The van der Waals surface area contributed by atoms with Gasteiger partial charge in [0, 0.05) is 24.8 Å². The van der Waals surface area contributed by atoms with E-state index in [9.17, 15) is 9.18 Å². The van der Waals surface area contributed by atoms with Crippen molar-refractivity contribution in [3.63, 3.8) is 0 Å². The van der Waals surface area contributed by atoms with Crippen molar-refractivity contribution in [2.45, 2.75) is 18.9 Å². The lowest BCUT2D eigenvalue weighted by Crippen LogP contribution is -2.48. The summed E-state index contributed by atoms with van der Waals surface area (Å²) in [4.78, 5) is 14.8. The first-order valence-electron chi connectivity index (χ1n) is 6.49. The molecule has 4 nitrogen and oxygen atoms in total. The number of carboxylic acids is 1. The van der Waals surface area contributed by atoms with Crippen LogP contribution >= 0.6 is 0 Å². The zero-order valence-corrected chi connectivity index (χ0v) is 11.1. The summed E-state index contributed by atoms with van der Waals surface area (Å²) < 4.78 is 12.9. The molecule has 0 amide bonds. The molecule has 1 aromatic carbocycles. The fraction of sp³-hybridized carbons (Fsp3) is 0.500. The van der Waals surface area contributed by atoms with Gasteiger partial charge in [0.15, 0.2) is 0 Å². The highest BCUT2D eigenvalue weighted by Gasteiger charge is 2.24. The highest BCUT2D eigenvalue weighted by molar-refractivity contribution is 5.69. The predicted molar refractivity (Wildman–Crippen MR) is 71.9 cm³/mol. The Morgan fingerprint density at radius 3 is 2.79 bits per heavy atom. The van der Waals surface area contributed by atoms with Crippen LogP contribution in [0.1, 0.15) is 12.8 Å². The molecule has 0 saturated carbocycles. The van der Waals surface area contributed by atoms with Gasteiger partial charge >= 0.3 is 5.97 Å². The minimum atomic E-state index is -0.804. The molecule has 0 radical (unpaired) electrons. The van der Waals surface area contributed by atoms with Gasteiger partial charge in [-0.1, -0.05) is 0 Å². The van der Waals surface area contributed by atoms with Gasteiger partial charge in [-0.3, -0.25) is 9.69 Å².